The van der Waals surface area contributed by atoms with Crippen LogP contribution in [0.25, 0.3) is 0 Å². The summed E-state index contributed by atoms with van der Waals surface area (Å²) in [6.07, 6.45) is -0.270. The van der Waals surface area contributed by atoms with E-state index in [1.807, 2.05) is 0 Å². The number of hydrogen-bond donors (Lipinski definition) is 0. The molecule has 0 saturated carbocycles. The molecule has 0 aromatic carbocycles. The van der Waals surface area contributed by atoms with E-state index in [-0.39, 0.29) is 19.3 Å². The van der Waals surface area contributed by atoms with Crippen LogP contribution >= 0.6 is 7.82 Å². The van der Waals surface area contributed by atoms with Crippen molar-refractivity contribution in [3.63, 3.8) is 0 Å². The minimum absolute atomic E-state index is 0.162. The molecule has 1 unspecified atom stereocenters. The van der Waals surface area contributed by atoms with Crippen LogP contribution in [0.5, 0.6) is 0 Å². The fourth-order valence-electron chi connectivity index (χ4n) is 0.705. The third kappa shape index (κ3) is 7.90. The van der Waals surface area contributed by atoms with Crippen molar-refractivity contribution in [2.75, 3.05) is 26.9 Å². The van der Waals surface area contributed by atoms with Crippen molar-refractivity contribution in [1.82, 2.24) is 0 Å². The standard InChI is InChI=1S/C8H19O6P/c1-5-12-15(9,13-8(2)3)14-11-7-6-10-4/h8H,5-7H2,1-4H3. The molecule has 0 aliphatic heterocycles. The molecule has 0 radical (unpaired) electrons. The van der Waals surface area contributed by atoms with Gasteiger partial charge in [-0.3, -0.25) is 9.05 Å². The average molecular weight is 242 g/mol. The summed E-state index contributed by atoms with van der Waals surface area (Å²) in [6.45, 7) is 5.86. The molecule has 0 amide bonds. The lowest BCUT2D eigenvalue weighted by atomic mass is 10.5. The molecular formula is C8H19O6P. The molecule has 0 saturated heterocycles. The van der Waals surface area contributed by atoms with Gasteiger partial charge < -0.3 is 4.74 Å². The maximum Gasteiger partial charge on any atom is 0.502 e. The van der Waals surface area contributed by atoms with Gasteiger partial charge in [0.2, 0.25) is 0 Å². The Bertz CT molecular complexity index is 196. The first-order valence-corrected chi connectivity index (χ1v) is 6.23. The zero-order chi connectivity index (χ0) is 11.7. The van der Waals surface area contributed by atoms with Gasteiger partial charge >= 0.3 is 7.82 Å². The largest absolute Gasteiger partial charge is 0.502 e. The second kappa shape index (κ2) is 8.21. The smallest absolute Gasteiger partial charge is 0.382 e. The van der Waals surface area contributed by atoms with Crippen molar-refractivity contribution < 1.29 is 27.9 Å². The summed E-state index contributed by atoms with van der Waals surface area (Å²) in [6, 6.07) is 0. The number of rotatable bonds is 9. The lowest BCUT2D eigenvalue weighted by Gasteiger charge is -2.17. The molecule has 92 valence electrons. The summed E-state index contributed by atoms with van der Waals surface area (Å²) in [5, 5.41) is 0. The number of ether oxygens (including phenoxy) is 1. The monoisotopic (exact) mass is 242 g/mol. The topological polar surface area (TPSA) is 63.2 Å². The molecule has 0 aromatic rings. The minimum Gasteiger partial charge on any atom is -0.382 e. The van der Waals surface area contributed by atoms with Crippen molar-refractivity contribution in [3.8, 4) is 0 Å². The van der Waals surface area contributed by atoms with Crippen LogP contribution in [0.2, 0.25) is 0 Å². The summed E-state index contributed by atoms with van der Waals surface area (Å²) >= 11 is 0. The van der Waals surface area contributed by atoms with Gasteiger partial charge in [0.05, 0.1) is 19.3 Å². The summed E-state index contributed by atoms with van der Waals surface area (Å²) in [7, 11) is -2.07. The highest BCUT2D eigenvalue weighted by atomic mass is 31.2. The summed E-state index contributed by atoms with van der Waals surface area (Å²) in [4.78, 5) is 4.65. The molecular weight excluding hydrogens is 223 g/mol. The van der Waals surface area contributed by atoms with Crippen LogP contribution in [0.15, 0.2) is 0 Å². The maximum absolute atomic E-state index is 11.8. The fraction of sp³-hybridized carbons (Fsp3) is 1.00. The molecule has 0 spiro atoms. The van der Waals surface area contributed by atoms with E-state index >= 15 is 0 Å². The first-order chi connectivity index (χ1) is 7.04. The van der Waals surface area contributed by atoms with E-state index in [9.17, 15) is 4.57 Å². The third-order valence-corrected chi connectivity index (χ3v) is 2.68. The fourth-order valence-corrected chi connectivity index (χ4v) is 1.88. The van der Waals surface area contributed by atoms with Gasteiger partial charge in [-0.2, -0.15) is 0 Å². The molecule has 15 heavy (non-hydrogen) atoms. The van der Waals surface area contributed by atoms with Gasteiger partial charge in [-0.25, -0.2) is 9.45 Å². The summed E-state index contributed by atoms with van der Waals surface area (Å²) in [5.74, 6) is 0. The highest BCUT2D eigenvalue weighted by Gasteiger charge is 2.29. The van der Waals surface area contributed by atoms with Crippen LogP contribution in [0.1, 0.15) is 20.8 Å². The van der Waals surface area contributed by atoms with E-state index < -0.39 is 7.82 Å². The predicted molar refractivity (Wildman–Crippen MR) is 54.4 cm³/mol. The van der Waals surface area contributed by atoms with E-state index in [0.29, 0.717) is 6.61 Å². The SMILES string of the molecule is CCOP(=O)(OOCCOC)OC(C)C. The van der Waals surface area contributed by atoms with Crippen LogP contribution in [-0.4, -0.2) is 33.0 Å². The Morgan fingerprint density at radius 1 is 1.27 bits per heavy atom. The van der Waals surface area contributed by atoms with Crippen LogP contribution in [0.4, 0.5) is 0 Å². The van der Waals surface area contributed by atoms with Crippen molar-refractivity contribution in [2.45, 2.75) is 26.9 Å². The van der Waals surface area contributed by atoms with Crippen LogP contribution < -0.4 is 0 Å². The number of phosphoric ester groups is 1. The Balaban J connectivity index is 3.96. The predicted octanol–water partition coefficient (Wildman–Crippen LogP) is 2.15. The number of methoxy groups -OCH3 is 1. The number of phosphoric acid groups is 1. The molecule has 0 aliphatic rings. The van der Waals surface area contributed by atoms with Gasteiger partial charge in [0.15, 0.2) is 0 Å². The van der Waals surface area contributed by atoms with Crippen molar-refractivity contribution >= 4 is 7.82 Å². The van der Waals surface area contributed by atoms with E-state index in [4.69, 9.17) is 13.8 Å². The first-order valence-electron chi connectivity index (χ1n) is 4.77. The first kappa shape index (κ1) is 15.0. The molecule has 0 aromatic heterocycles. The lowest BCUT2D eigenvalue weighted by molar-refractivity contribution is -0.233. The third-order valence-electron chi connectivity index (χ3n) is 1.14. The normalized spacial score (nSPS) is 15.5. The number of hydrogen-bond acceptors (Lipinski definition) is 6. The van der Waals surface area contributed by atoms with Gasteiger partial charge in [0.1, 0.15) is 6.61 Å². The van der Waals surface area contributed by atoms with Crippen molar-refractivity contribution in [2.24, 2.45) is 0 Å². The van der Waals surface area contributed by atoms with Gasteiger partial charge in [0, 0.05) is 7.11 Å². The zero-order valence-electron chi connectivity index (χ0n) is 9.60. The molecule has 0 bridgehead atoms. The maximum atomic E-state index is 11.8. The molecule has 7 heteroatoms. The second-order valence-corrected chi connectivity index (χ2v) is 4.42. The quantitative estimate of drug-likeness (QED) is 0.267. The summed E-state index contributed by atoms with van der Waals surface area (Å²) < 4.78 is 31.0. The second-order valence-electron chi connectivity index (χ2n) is 2.91. The zero-order valence-corrected chi connectivity index (χ0v) is 10.5. The van der Waals surface area contributed by atoms with Gasteiger partial charge in [-0.15, -0.1) is 4.67 Å². The van der Waals surface area contributed by atoms with Crippen LogP contribution in [0.3, 0.4) is 0 Å². The van der Waals surface area contributed by atoms with E-state index in [2.05, 4.69) is 9.56 Å². The Kier molecular flexibility index (Phi) is 8.23. The lowest BCUT2D eigenvalue weighted by Crippen LogP contribution is -2.08. The van der Waals surface area contributed by atoms with Crippen molar-refractivity contribution in [3.05, 3.63) is 0 Å². The molecule has 1 atom stereocenters. The molecule has 6 nitrogen and oxygen atoms in total. The van der Waals surface area contributed by atoms with Gasteiger partial charge in [0.25, 0.3) is 0 Å². The Morgan fingerprint density at radius 2 is 1.93 bits per heavy atom. The van der Waals surface area contributed by atoms with E-state index in [1.165, 1.54) is 7.11 Å². The Labute approximate surface area is 90.3 Å². The van der Waals surface area contributed by atoms with Gasteiger partial charge in [-0.05, 0) is 20.8 Å². The van der Waals surface area contributed by atoms with Gasteiger partial charge in [-0.1, -0.05) is 0 Å². The highest BCUT2D eigenvalue weighted by Crippen LogP contribution is 2.50. The van der Waals surface area contributed by atoms with Crippen LogP contribution in [-0.2, 0) is 27.9 Å². The average Bonchev–Trinajstić information content (AvgIpc) is 2.11. The van der Waals surface area contributed by atoms with Crippen LogP contribution in [0, 0.1) is 0 Å². The Hall–Kier alpha value is 0.0300. The Morgan fingerprint density at radius 3 is 2.40 bits per heavy atom. The minimum atomic E-state index is -3.59. The molecule has 0 rings (SSSR count). The summed E-state index contributed by atoms with van der Waals surface area (Å²) in [5.41, 5.74) is 0. The molecule has 0 fully saturated rings. The van der Waals surface area contributed by atoms with E-state index in [0.717, 1.165) is 0 Å². The highest BCUT2D eigenvalue weighted by molar-refractivity contribution is 7.48. The van der Waals surface area contributed by atoms with E-state index in [1.54, 1.807) is 20.8 Å². The molecule has 0 heterocycles. The van der Waals surface area contributed by atoms with Crippen molar-refractivity contribution in [1.29, 1.82) is 0 Å². The molecule has 0 N–H and O–H groups in total. The molecule has 0 aliphatic carbocycles.